The predicted octanol–water partition coefficient (Wildman–Crippen LogP) is 2.47. The van der Waals surface area contributed by atoms with E-state index in [0.29, 0.717) is 13.1 Å². The molecule has 26 heavy (non-hydrogen) atoms. The van der Waals surface area contributed by atoms with Crippen LogP contribution in [0.5, 0.6) is 0 Å². The van der Waals surface area contributed by atoms with Gasteiger partial charge in [-0.15, -0.1) is 0 Å². The summed E-state index contributed by atoms with van der Waals surface area (Å²) in [6.45, 7) is 4.50. The standard InChI is InChI=1S/C17H18Cl2FN5O/c18-13-11-14(19)15(20)10-12(13)16(26)21-4-5-24-6-8-25(9-7-24)17-22-2-1-3-23-17/h1-3,10-11H,4-9H2,(H,21,26). The van der Waals surface area contributed by atoms with E-state index in [9.17, 15) is 9.18 Å². The molecular weight excluding hydrogens is 380 g/mol. The van der Waals surface area contributed by atoms with E-state index in [1.165, 1.54) is 6.07 Å². The number of halogens is 3. The molecule has 1 amide bonds. The minimum absolute atomic E-state index is 0.0830. The van der Waals surface area contributed by atoms with Gasteiger partial charge in [0.1, 0.15) is 5.82 Å². The van der Waals surface area contributed by atoms with E-state index < -0.39 is 11.7 Å². The minimum atomic E-state index is -0.666. The highest BCUT2D eigenvalue weighted by atomic mass is 35.5. The molecule has 1 aromatic heterocycles. The van der Waals surface area contributed by atoms with E-state index in [0.717, 1.165) is 38.2 Å². The molecule has 1 saturated heterocycles. The average Bonchev–Trinajstić information content (AvgIpc) is 2.66. The van der Waals surface area contributed by atoms with Gasteiger partial charge in [0.15, 0.2) is 0 Å². The summed E-state index contributed by atoms with van der Waals surface area (Å²) < 4.78 is 13.5. The minimum Gasteiger partial charge on any atom is -0.351 e. The van der Waals surface area contributed by atoms with Crippen molar-refractivity contribution in [1.29, 1.82) is 0 Å². The lowest BCUT2D eigenvalue weighted by Crippen LogP contribution is -2.49. The summed E-state index contributed by atoms with van der Waals surface area (Å²) in [5.74, 6) is -0.345. The van der Waals surface area contributed by atoms with Gasteiger partial charge < -0.3 is 10.2 Å². The third-order valence-electron chi connectivity index (χ3n) is 4.18. The normalized spacial score (nSPS) is 15.1. The third-order valence-corrected chi connectivity index (χ3v) is 4.78. The number of benzene rings is 1. The van der Waals surface area contributed by atoms with Crippen molar-refractivity contribution in [3.63, 3.8) is 0 Å². The van der Waals surface area contributed by atoms with E-state index in [2.05, 4.69) is 25.1 Å². The number of hydrogen-bond donors (Lipinski definition) is 1. The van der Waals surface area contributed by atoms with Crippen LogP contribution in [0.2, 0.25) is 10.0 Å². The third kappa shape index (κ3) is 4.60. The van der Waals surface area contributed by atoms with Gasteiger partial charge in [0.2, 0.25) is 5.95 Å². The van der Waals surface area contributed by atoms with Gasteiger partial charge in [0.05, 0.1) is 15.6 Å². The Bertz CT molecular complexity index is 769. The first-order valence-corrected chi connectivity index (χ1v) is 8.97. The molecule has 1 fully saturated rings. The van der Waals surface area contributed by atoms with Crippen molar-refractivity contribution < 1.29 is 9.18 Å². The molecule has 0 saturated carbocycles. The number of anilines is 1. The lowest BCUT2D eigenvalue weighted by Gasteiger charge is -2.34. The molecule has 3 rings (SSSR count). The molecule has 9 heteroatoms. The van der Waals surface area contributed by atoms with Crippen LogP contribution in [0.4, 0.5) is 10.3 Å². The molecule has 0 atom stereocenters. The highest BCUT2D eigenvalue weighted by Crippen LogP contribution is 2.24. The van der Waals surface area contributed by atoms with Gasteiger partial charge >= 0.3 is 0 Å². The summed E-state index contributed by atoms with van der Waals surface area (Å²) in [6, 6.07) is 4.08. The van der Waals surface area contributed by atoms with Crippen LogP contribution < -0.4 is 10.2 Å². The number of nitrogens with zero attached hydrogens (tertiary/aromatic N) is 4. The molecule has 2 heterocycles. The van der Waals surface area contributed by atoms with Gasteiger partial charge in [0.25, 0.3) is 5.91 Å². The smallest absolute Gasteiger partial charge is 0.252 e. The van der Waals surface area contributed by atoms with Crippen molar-refractivity contribution in [2.75, 3.05) is 44.2 Å². The number of nitrogens with one attached hydrogen (secondary N) is 1. The fraction of sp³-hybridized carbons (Fsp3) is 0.353. The van der Waals surface area contributed by atoms with Crippen LogP contribution in [0, 0.1) is 5.82 Å². The monoisotopic (exact) mass is 397 g/mol. The molecule has 1 aliphatic heterocycles. The van der Waals surface area contributed by atoms with Gasteiger partial charge in [0, 0.05) is 51.7 Å². The summed E-state index contributed by atoms with van der Waals surface area (Å²) >= 11 is 11.6. The van der Waals surface area contributed by atoms with Crippen LogP contribution in [0.3, 0.4) is 0 Å². The lowest BCUT2D eigenvalue weighted by atomic mass is 10.2. The van der Waals surface area contributed by atoms with Crippen LogP contribution in [-0.2, 0) is 0 Å². The van der Waals surface area contributed by atoms with E-state index in [4.69, 9.17) is 23.2 Å². The van der Waals surface area contributed by atoms with E-state index >= 15 is 0 Å². The lowest BCUT2D eigenvalue weighted by molar-refractivity contribution is 0.0947. The molecule has 2 aromatic rings. The zero-order valence-electron chi connectivity index (χ0n) is 14.0. The highest BCUT2D eigenvalue weighted by molar-refractivity contribution is 6.36. The zero-order valence-corrected chi connectivity index (χ0v) is 15.5. The fourth-order valence-electron chi connectivity index (χ4n) is 2.75. The molecule has 0 spiro atoms. The van der Waals surface area contributed by atoms with Gasteiger partial charge in [-0.3, -0.25) is 9.69 Å². The molecule has 0 aliphatic carbocycles. The second kappa shape index (κ2) is 8.62. The first kappa shape index (κ1) is 18.8. The molecule has 6 nitrogen and oxygen atoms in total. The first-order valence-electron chi connectivity index (χ1n) is 8.21. The zero-order chi connectivity index (χ0) is 18.5. The number of hydrogen-bond acceptors (Lipinski definition) is 5. The van der Waals surface area contributed by atoms with E-state index in [1.54, 1.807) is 18.5 Å². The van der Waals surface area contributed by atoms with Gasteiger partial charge in [-0.05, 0) is 18.2 Å². The van der Waals surface area contributed by atoms with Gasteiger partial charge in [-0.25, -0.2) is 14.4 Å². The van der Waals surface area contributed by atoms with Crippen molar-refractivity contribution in [1.82, 2.24) is 20.2 Å². The molecule has 0 bridgehead atoms. The second-order valence-corrected chi connectivity index (χ2v) is 6.69. The van der Waals surface area contributed by atoms with Crippen molar-refractivity contribution in [3.8, 4) is 0 Å². The molecule has 1 aliphatic rings. The Labute approximate surface area is 160 Å². The number of carbonyl (C=O) groups is 1. The SMILES string of the molecule is O=C(NCCN1CCN(c2ncccn2)CC1)c1cc(F)c(Cl)cc1Cl. The fourth-order valence-corrected chi connectivity index (χ4v) is 3.21. The topological polar surface area (TPSA) is 61.4 Å². The predicted molar refractivity (Wildman–Crippen MR) is 99.4 cm³/mol. The largest absolute Gasteiger partial charge is 0.351 e. The molecule has 0 unspecified atom stereocenters. The molecule has 1 aromatic carbocycles. The van der Waals surface area contributed by atoms with Crippen LogP contribution in [0.25, 0.3) is 0 Å². The molecule has 138 valence electrons. The van der Waals surface area contributed by atoms with Crippen molar-refractivity contribution in [2.24, 2.45) is 0 Å². The molecule has 0 radical (unpaired) electrons. The van der Waals surface area contributed by atoms with E-state index in [-0.39, 0.29) is 15.6 Å². The maximum absolute atomic E-state index is 13.5. The van der Waals surface area contributed by atoms with Gasteiger partial charge in [-0.1, -0.05) is 23.2 Å². The van der Waals surface area contributed by atoms with Crippen LogP contribution >= 0.6 is 23.2 Å². The number of rotatable bonds is 5. The Kier molecular flexibility index (Phi) is 6.24. The summed E-state index contributed by atoms with van der Waals surface area (Å²) in [7, 11) is 0. The Morgan fingerprint density at radius 3 is 2.50 bits per heavy atom. The summed E-state index contributed by atoms with van der Waals surface area (Å²) in [5.41, 5.74) is 0.0830. The number of piperazine rings is 1. The average molecular weight is 398 g/mol. The Balaban J connectivity index is 1.45. The number of amides is 1. The van der Waals surface area contributed by atoms with Crippen molar-refractivity contribution >= 4 is 35.1 Å². The van der Waals surface area contributed by atoms with Crippen molar-refractivity contribution in [3.05, 3.63) is 52.0 Å². The maximum Gasteiger partial charge on any atom is 0.252 e. The number of carbonyl (C=O) groups excluding carboxylic acids is 1. The van der Waals surface area contributed by atoms with Crippen LogP contribution in [0.15, 0.2) is 30.6 Å². The Morgan fingerprint density at radius 2 is 1.81 bits per heavy atom. The summed E-state index contributed by atoms with van der Waals surface area (Å²) in [5, 5.41) is 2.79. The Morgan fingerprint density at radius 1 is 1.12 bits per heavy atom. The quantitative estimate of drug-likeness (QED) is 0.785. The van der Waals surface area contributed by atoms with Crippen molar-refractivity contribution in [2.45, 2.75) is 0 Å². The van der Waals surface area contributed by atoms with Crippen LogP contribution in [0.1, 0.15) is 10.4 Å². The highest BCUT2D eigenvalue weighted by Gasteiger charge is 2.19. The summed E-state index contributed by atoms with van der Waals surface area (Å²) in [4.78, 5) is 25.0. The van der Waals surface area contributed by atoms with Gasteiger partial charge in [-0.2, -0.15) is 0 Å². The van der Waals surface area contributed by atoms with E-state index in [1.807, 2.05) is 0 Å². The molecule has 1 N–H and O–H groups in total. The maximum atomic E-state index is 13.5. The Hall–Kier alpha value is -1.96. The van der Waals surface area contributed by atoms with Crippen LogP contribution in [-0.4, -0.2) is 60.0 Å². The summed E-state index contributed by atoms with van der Waals surface area (Å²) in [6.07, 6.45) is 3.46. The molecular formula is C17H18Cl2FN5O. The number of aromatic nitrogens is 2. The first-order chi connectivity index (χ1) is 12.5. The second-order valence-electron chi connectivity index (χ2n) is 5.88.